The van der Waals surface area contributed by atoms with E-state index < -0.39 is 0 Å². The van der Waals surface area contributed by atoms with Crippen LogP contribution in [0.25, 0.3) is 10.9 Å². The standard InChI is InChI=1S/C20H19N3O3/c24-20-14(8-13-9-18-19(26-12-25-18)10-16(13)22-20)11-23-7-3-5-17(23)15-4-1-2-6-21-15/h1-2,4,6,8-10,17H,3,5,7,11-12H2,(H,22,24)/t17-/m0/s1. The smallest absolute Gasteiger partial charge is 0.252 e. The van der Waals surface area contributed by atoms with E-state index in [9.17, 15) is 4.79 Å². The predicted octanol–water partition coefficient (Wildman–Crippen LogP) is 2.99. The lowest BCUT2D eigenvalue weighted by Gasteiger charge is -2.23. The van der Waals surface area contributed by atoms with E-state index in [1.807, 2.05) is 36.5 Å². The summed E-state index contributed by atoms with van der Waals surface area (Å²) in [6.45, 7) is 1.81. The third kappa shape index (κ3) is 2.63. The third-order valence-electron chi connectivity index (χ3n) is 5.18. The van der Waals surface area contributed by atoms with E-state index in [1.165, 1.54) is 0 Å². The number of hydrogen-bond acceptors (Lipinski definition) is 5. The minimum absolute atomic E-state index is 0.0527. The molecule has 2 aliphatic rings. The summed E-state index contributed by atoms with van der Waals surface area (Å²) >= 11 is 0. The summed E-state index contributed by atoms with van der Waals surface area (Å²) in [7, 11) is 0. The highest BCUT2D eigenvalue weighted by Gasteiger charge is 2.27. The van der Waals surface area contributed by atoms with Crippen molar-refractivity contribution >= 4 is 10.9 Å². The van der Waals surface area contributed by atoms with Crippen molar-refractivity contribution in [2.45, 2.75) is 25.4 Å². The Balaban J connectivity index is 1.48. The number of fused-ring (bicyclic) bond motifs is 2. The first-order valence-corrected chi connectivity index (χ1v) is 8.88. The van der Waals surface area contributed by atoms with E-state index in [4.69, 9.17) is 9.47 Å². The molecule has 4 heterocycles. The second-order valence-corrected chi connectivity index (χ2v) is 6.80. The van der Waals surface area contributed by atoms with Crippen molar-refractivity contribution in [3.8, 4) is 11.5 Å². The van der Waals surface area contributed by atoms with Crippen LogP contribution >= 0.6 is 0 Å². The molecular weight excluding hydrogens is 330 g/mol. The fraction of sp³-hybridized carbons (Fsp3) is 0.300. The predicted molar refractivity (Wildman–Crippen MR) is 97.3 cm³/mol. The summed E-state index contributed by atoms with van der Waals surface area (Å²) in [5.41, 5.74) is 2.55. The SMILES string of the molecule is O=c1[nH]c2cc3c(cc2cc1CN1CCC[C@H]1c1ccccn1)OCO3. The largest absolute Gasteiger partial charge is 0.454 e. The molecule has 1 atom stereocenters. The monoisotopic (exact) mass is 349 g/mol. The molecule has 2 aromatic heterocycles. The molecule has 1 fully saturated rings. The molecule has 0 unspecified atom stereocenters. The van der Waals surface area contributed by atoms with Gasteiger partial charge in [-0.1, -0.05) is 6.07 Å². The Bertz CT molecular complexity index is 1020. The van der Waals surface area contributed by atoms with Crippen LogP contribution in [0.15, 0.2) is 47.4 Å². The number of pyridine rings is 2. The molecule has 1 saturated heterocycles. The van der Waals surface area contributed by atoms with E-state index in [2.05, 4.69) is 20.9 Å². The first kappa shape index (κ1) is 15.4. The number of ether oxygens (including phenoxy) is 2. The van der Waals surface area contributed by atoms with Crippen molar-refractivity contribution < 1.29 is 9.47 Å². The number of aromatic amines is 1. The Morgan fingerprint density at radius 2 is 2.08 bits per heavy atom. The first-order chi connectivity index (χ1) is 12.8. The highest BCUT2D eigenvalue weighted by atomic mass is 16.7. The van der Waals surface area contributed by atoms with E-state index in [1.54, 1.807) is 0 Å². The lowest BCUT2D eigenvalue weighted by Crippen LogP contribution is -2.27. The van der Waals surface area contributed by atoms with Crippen molar-refractivity contribution in [2.24, 2.45) is 0 Å². The van der Waals surface area contributed by atoms with Crippen LogP contribution in [0.5, 0.6) is 11.5 Å². The summed E-state index contributed by atoms with van der Waals surface area (Å²) in [6.07, 6.45) is 4.02. The van der Waals surface area contributed by atoms with Crippen LogP contribution in [0.2, 0.25) is 0 Å². The second kappa shape index (κ2) is 6.14. The molecule has 1 N–H and O–H groups in total. The molecule has 0 bridgehead atoms. The van der Waals surface area contributed by atoms with Gasteiger partial charge in [-0.3, -0.25) is 14.7 Å². The molecule has 132 valence electrons. The van der Waals surface area contributed by atoms with E-state index in [-0.39, 0.29) is 18.4 Å². The number of benzene rings is 1. The molecule has 0 radical (unpaired) electrons. The number of nitrogens with zero attached hydrogens (tertiary/aromatic N) is 2. The quantitative estimate of drug-likeness (QED) is 0.787. The number of H-pyrrole nitrogens is 1. The number of nitrogens with one attached hydrogen (secondary N) is 1. The molecule has 6 heteroatoms. The van der Waals surface area contributed by atoms with E-state index in [0.717, 1.165) is 47.3 Å². The van der Waals surface area contributed by atoms with Gasteiger partial charge in [-0.15, -0.1) is 0 Å². The van der Waals surface area contributed by atoms with Gasteiger partial charge in [0, 0.05) is 29.8 Å². The van der Waals surface area contributed by atoms with Crippen LogP contribution in [0.1, 0.15) is 30.1 Å². The zero-order chi connectivity index (χ0) is 17.5. The fourth-order valence-electron chi connectivity index (χ4n) is 3.90. The minimum atomic E-state index is -0.0527. The van der Waals surface area contributed by atoms with Gasteiger partial charge in [0.15, 0.2) is 11.5 Å². The lowest BCUT2D eigenvalue weighted by atomic mass is 10.1. The van der Waals surface area contributed by atoms with Crippen molar-refractivity contribution in [1.82, 2.24) is 14.9 Å². The van der Waals surface area contributed by atoms with Crippen LogP contribution in [-0.4, -0.2) is 28.2 Å². The Hall–Kier alpha value is -2.86. The summed E-state index contributed by atoms with van der Waals surface area (Å²) in [4.78, 5) is 22.4. The number of likely N-dealkylation sites (tertiary alicyclic amines) is 1. The lowest BCUT2D eigenvalue weighted by molar-refractivity contribution is 0.174. The summed E-state index contributed by atoms with van der Waals surface area (Å²) in [6, 6.07) is 12.0. The summed E-state index contributed by atoms with van der Waals surface area (Å²) < 4.78 is 10.8. The average molecular weight is 349 g/mol. The van der Waals surface area contributed by atoms with Crippen molar-refractivity contribution in [1.29, 1.82) is 0 Å². The Kier molecular flexibility index (Phi) is 3.64. The van der Waals surface area contributed by atoms with Gasteiger partial charge in [-0.2, -0.15) is 0 Å². The van der Waals surface area contributed by atoms with Gasteiger partial charge in [0.25, 0.3) is 5.56 Å². The zero-order valence-corrected chi connectivity index (χ0v) is 14.3. The zero-order valence-electron chi connectivity index (χ0n) is 14.3. The minimum Gasteiger partial charge on any atom is -0.454 e. The van der Waals surface area contributed by atoms with Crippen LogP contribution in [-0.2, 0) is 6.54 Å². The Morgan fingerprint density at radius 1 is 1.19 bits per heavy atom. The van der Waals surface area contributed by atoms with E-state index >= 15 is 0 Å². The van der Waals surface area contributed by atoms with E-state index in [0.29, 0.717) is 12.3 Å². The van der Waals surface area contributed by atoms with Gasteiger partial charge in [0.2, 0.25) is 6.79 Å². The maximum atomic E-state index is 12.6. The summed E-state index contributed by atoms with van der Waals surface area (Å²) in [5.74, 6) is 1.40. The highest BCUT2D eigenvalue weighted by Crippen LogP contribution is 2.36. The maximum Gasteiger partial charge on any atom is 0.252 e. The highest BCUT2D eigenvalue weighted by molar-refractivity contribution is 5.83. The molecule has 0 aliphatic carbocycles. The molecule has 3 aromatic rings. The van der Waals surface area contributed by atoms with Crippen LogP contribution in [0, 0.1) is 0 Å². The molecule has 6 nitrogen and oxygen atoms in total. The van der Waals surface area contributed by atoms with Crippen molar-refractivity contribution in [2.75, 3.05) is 13.3 Å². The Labute approximate surface area is 150 Å². The van der Waals surface area contributed by atoms with Crippen LogP contribution < -0.4 is 15.0 Å². The average Bonchev–Trinajstić information content (AvgIpc) is 3.30. The van der Waals surface area contributed by atoms with Crippen molar-refractivity contribution in [3.05, 3.63) is 64.2 Å². The molecule has 26 heavy (non-hydrogen) atoms. The molecule has 2 aliphatic heterocycles. The molecule has 1 aromatic carbocycles. The van der Waals surface area contributed by atoms with Crippen LogP contribution in [0.4, 0.5) is 0 Å². The van der Waals surface area contributed by atoms with Gasteiger partial charge >= 0.3 is 0 Å². The molecule has 0 amide bonds. The topological polar surface area (TPSA) is 67.5 Å². The number of hydrogen-bond donors (Lipinski definition) is 1. The van der Waals surface area contributed by atoms with Crippen LogP contribution in [0.3, 0.4) is 0 Å². The molecule has 0 spiro atoms. The summed E-state index contributed by atoms with van der Waals surface area (Å²) in [5, 5.41) is 0.956. The number of rotatable bonds is 3. The maximum absolute atomic E-state index is 12.6. The van der Waals surface area contributed by atoms with Crippen molar-refractivity contribution in [3.63, 3.8) is 0 Å². The van der Waals surface area contributed by atoms with Gasteiger partial charge in [-0.05, 0) is 43.7 Å². The fourth-order valence-corrected chi connectivity index (χ4v) is 3.90. The molecule has 0 saturated carbocycles. The second-order valence-electron chi connectivity index (χ2n) is 6.80. The molecule has 5 rings (SSSR count). The van der Waals surface area contributed by atoms with Gasteiger partial charge in [0.05, 0.1) is 17.3 Å². The van der Waals surface area contributed by atoms with Gasteiger partial charge in [0.1, 0.15) is 0 Å². The molecular formula is C20H19N3O3. The third-order valence-corrected chi connectivity index (χ3v) is 5.18. The number of aromatic nitrogens is 2. The Morgan fingerprint density at radius 3 is 2.92 bits per heavy atom. The first-order valence-electron chi connectivity index (χ1n) is 8.88. The van der Waals surface area contributed by atoms with Gasteiger partial charge in [-0.25, -0.2) is 0 Å². The normalized spacial score (nSPS) is 19.3. The van der Waals surface area contributed by atoms with Gasteiger partial charge < -0.3 is 14.5 Å².